The monoisotopic (exact) mass is 284 g/mol. The molecule has 0 atom stereocenters. The van der Waals surface area contributed by atoms with E-state index in [0.717, 1.165) is 12.7 Å². The lowest BCUT2D eigenvalue weighted by Crippen LogP contribution is -2.36. The molecule has 0 spiro atoms. The van der Waals surface area contributed by atoms with Crippen molar-refractivity contribution in [1.82, 2.24) is 20.2 Å². The Hall–Kier alpha value is -1.87. The number of nitrogens with zero attached hydrogens (tertiary/aromatic N) is 5. The summed E-state index contributed by atoms with van der Waals surface area (Å²) in [5, 5.41) is 11.7. The van der Waals surface area contributed by atoms with Gasteiger partial charge < -0.3 is 0 Å². The van der Waals surface area contributed by atoms with E-state index in [4.69, 9.17) is 0 Å². The van der Waals surface area contributed by atoms with Crippen molar-refractivity contribution in [1.29, 1.82) is 0 Å². The van der Waals surface area contributed by atoms with Gasteiger partial charge in [0.1, 0.15) is 5.75 Å². The Morgan fingerprint density at radius 3 is 2.58 bits per heavy atom. The number of tetrazole rings is 1. The summed E-state index contributed by atoms with van der Waals surface area (Å²) < 4.78 is 28.5. The van der Waals surface area contributed by atoms with Crippen LogP contribution < -0.4 is 4.57 Å². The summed E-state index contributed by atoms with van der Waals surface area (Å²) in [6, 6.07) is 3.60. The molecule has 0 aliphatic rings. The van der Waals surface area contributed by atoms with Crippen molar-refractivity contribution >= 4 is 10.1 Å². The third-order valence-corrected chi connectivity index (χ3v) is 3.70. The highest BCUT2D eigenvalue weighted by Gasteiger charge is 2.13. The molecule has 2 aromatic rings. The van der Waals surface area contributed by atoms with Gasteiger partial charge in [0.05, 0.1) is 14.2 Å². The molecule has 19 heavy (non-hydrogen) atoms. The molecule has 0 unspecified atom stereocenters. The first-order chi connectivity index (χ1) is 9.00. The van der Waals surface area contributed by atoms with E-state index in [1.54, 1.807) is 36.1 Å². The quantitative estimate of drug-likeness (QED) is 0.524. The zero-order valence-electron chi connectivity index (χ0n) is 10.6. The van der Waals surface area contributed by atoms with Crippen molar-refractivity contribution in [2.24, 2.45) is 7.05 Å². The van der Waals surface area contributed by atoms with E-state index in [-0.39, 0.29) is 5.75 Å². The summed E-state index contributed by atoms with van der Waals surface area (Å²) in [6.45, 7) is 0.324. The van der Waals surface area contributed by atoms with Gasteiger partial charge in [0.2, 0.25) is 5.82 Å². The van der Waals surface area contributed by atoms with Crippen LogP contribution in [0.3, 0.4) is 0 Å². The summed E-state index contributed by atoms with van der Waals surface area (Å²) in [5.41, 5.74) is 0.818. The van der Waals surface area contributed by atoms with Crippen LogP contribution in [0.5, 0.6) is 0 Å². The topological polar surface area (TPSA) is 90.9 Å². The third kappa shape index (κ3) is 3.55. The third-order valence-electron chi connectivity index (χ3n) is 2.51. The van der Waals surface area contributed by atoms with Crippen LogP contribution in [0.2, 0.25) is 0 Å². The largest absolute Gasteiger partial charge is 0.273 e. The normalized spacial score (nSPS) is 11.7. The highest BCUT2D eigenvalue weighted by Crippen LogP contribution is 2.09. The Morgan fingerprint density at radius 1 is 1.37 bits per heavy atom. The molecule has 0 bridgehead atoms. The molecule has 2 aromatic heterocycles. The molecule has 8 nitrogen and oxygen atoms in total. The van der Waals surface area contributed by atoms with Gasteiger partial charge in [-0.3, -0.25) is 4.18 Å². The first-order valence-corrected chi connectivity index (χ1v) is 7.10. The van der Waals surface area contributed by atoms with Crippen LogP contribution in [0, 0.1) is 0 Å². The van der Waals surface area contributed by atoms with Crippen molar-refractivity contribution in [2.45, 2.75) is 6.54 Å². The Kier molecular flexibility index (Phi) is 3.86. The van der Waals surface area contributed by atoms with Crippen LogP contribution in [0.4, 0.5) is 0 Å². The van der Waals surface area contributed by atoms with E-state index in [1.807, 2.05) is 0 Å². The van der Waals surface area contributed by atoms with E-state index in [2.05, 4.69) is 19.6 Å². The molecule has 0 aromatic carbocycles. The lowest BCUT2D eigenvalue weighted by atomic mass is 10.2. The van der Waals surface area contributed by atoms with E-state index in [0.29, 0.717) is 12.4 Å². The second-order valence-corrected chi connectivity index (χ2v) is 5.71. The Morgan fingerprint density at radius 2 is 2.05 bits per heavy atom. The van der Waals surface area contributed by atoms with Crippen LogP contribution in [0.15, 0.2) is 24.5 Å². The van der Waals surface area contributed by atoms with Crippen LogP contribution >= 0.6 is 0 Å². The molecule has 9 heteroatoms. The summed E-state index contributed by atoms with van der Waals surface area (Å²) >= 11 is 0. The molecule has 2 rings (SSSR count). The van der Waals surface area contributed by atoms with Gasteiger partial charge >= 0.3 is 0 Å². The molecule has 2 heterocycles. The van der Waals surface area contributed by atoms with Crippen molar-refractivity contribution in [2.75, 3.05) is 12.9 Å². The van der Waals surface area contributed by atoms with Crippen LogP contribution in [-0.2, 0) is 27.9 Å². The van der Waals surface area contributed by atoms with E-state index < -0.39 is 10.1 Å². The fourth-order valence-electron chi connectivity index (χ4n) is 1.46. The van der Waals surface area contributed by atoms with E-state index in [1.165, 1.54) is 4.80 Å². The predicted octanol–water partition coefficient (Wildman–Crippen LogP) is -0.859. The van der Waals surface area contributed by atoms with Crippen molar-refractivity contribution in [3.63, 3.8) is 0 Å². The minimum absolute atomic E-state index is 0.0725. The number of pyridine rings is 1. The summed E-state index contributed by atoms with van der Waals surface area (Å²) in [6.07, 6.45) is 3.52. The molecule has 0 N–H and O–H groups in total. The SMILES string of the molecule is COS(=O)(=O)CC[n+]1ccc(-c2nnn(C)n2)cc1. The average molecular weight is 284 g/mol. The minimum Gasteiger partial charge on any atom is -0.273 e. The van der Waals surface area contributed by atoms with Gasteiger partial charge in [0, 0.05) is 17.7 Å². The number of hydrogen-bond acceptors (Lipinski definition) is 6. The van der Waals surface area contributed by atoms with Crippen molar-refractivity contribution < 1.29 is 17.2 Å². The number of aromatic nitrogens is 5. The molecule has 0 radical (unpaired) electrons. The Bertz CT molecular complexity index is 650. The number of aryl methyl sites for hydroxylation is 2. The summed E-state index contributed by atoms with van der Waals surface area (Å²) in [5.74, 6) is 0.454. The van der Waals surface area contributed by atoms with Gasteiger partial charge in [-0.15, -0.1) is 10.2 Å². The second kappa shape index (κ2) is 5.41. The smallest absolute Gasteiger partial charge is 0.273 e. The molecule has 0 saturated carbocycles. The maximum Gasteiger partial charge on any atom is 0.273 e. The zero-order valence-corrected chi connectivity index (χ0v) is 11.4. The van der Waals surface area contributed by atoms with Crippen molar-refractivity contribution in [3.8, 4) is 11.4 Å². The van der Waals surface area contributed by atoms with Gasteiger partial charge in [-0.1, -0.05) is 0 Å². The molecular formula is C10H14N5O3S+. The van der Waals surface area contributed by atoms with Gasteiger partial charge in [0.15, 0.2) is 18.9 Å². The van der Waals surface area contributed by atoms with Crippen LogP contribution in [0.1, 0.15) is 0 Å². The van der Waals surface area contributed by atoms with Crippen LogP contribution in [0.25, 0.3) is 11.4 Å². The highest BCUT2D eigenvalue weighted by molar-refractivity contribution is 7.86. The molecule has 0 aliphatic heterocycles. The van der Waals surface area contributed by atoms with Gasteiger partial charge in [-0.2, -0.15) is 13.2 Å². The second-order valence-electron chi connectivity index (χ2n) is 3.86. The van der Waals surface area contributed by atoms with Gasteiger partial charge in [0.25, 0.3) is 10.1 Å². The molecule has 0 saturated heterocycles. The lowest BCUT2D eigenvalue weighted by Gasteiger charge is -1.99. The maximum atomic E-state index is 11.2. The summed E-state index contributed by atoms with van der Waals surface area (Å²) in [7, 11) is -0.590. The minimum atomic E-state index is -3.44. The van der Waals surface area contributed by atoms with E-state index in [9.17, 15) is 8.42 Å². The average Bonchev–Trinajstić information content (AvgIpc) is 2.84. The summed E-state index contributed by atoms with van der Waals surface area (Å²) in [4.78, 5) is 1.38. The van der Waals surface area contributed by atoms with Crippen molar-refractivity contribution in [3.05, 3.63) is 24.5 Å². The molecule has 102 valence electrons. The van der Waals surface area contributed by atoms with E-state index >= 15 is 0 Å². The molecular weight excluding hydrogens is 270 g/mol. The molecule has 0 amide bonds. The zero-order chi connectivity index (χ0) is 13.9. The fourth-order valence-corrected chi connectivity index (χ4v) is 2.06. The first-order valence-electron chi connectivity index (χ1n) is 5.52. The Balaban J connectivity index is 2.07. The maximum absolute atomic E-state index is 11.2. The lowest BCUT2D eigenvalue weighted by molar-refractivity contribution is -0.692. The standard InChI is InChI=1S/C10H14N5O3S/c1-14-12-10(11-13-14)9-3-5-15(6-4-9)7-8-19(16,17)18-2/h3-6H,7-8H2,1-2H3/q+1. The van der Waals surface area contributed by atoms with Gasteiger partial charge in [-0.25, -0.2) is 4.57 Å². The molecule has 0 fully saturated rings. The fraction of sp³-hybridized carbons (Fsp3) is 0.400. The molecule has 0 aliphatic carbocycles. The Labute approximate surface area is 110 Å². The first kappa shape index (κ1) is 13.6. The predicted molar refractivity (Wildman–Crippen MR) is 65.2 cm³/mol. The number of hydrogen-bond donors (Lipinski definition) is 0. The highest BCUT2D eigenvalue weighted by atomic mass is 32.2. The van der Waals surface area contributed by atoms with Gasteiger partial charge in [-0.05, 0) is 5.21 Å². The number of rotatable bonds is 5. The van der Waals surface area contributed by atoms with Crippen LogP contribution in [-0.4, -0.2) is 41.5 Å².